The average Bonchev–Trinajstić information content (AvgIpc) is 3.11. The van der Waals surface area contributed by atoms with Gasteiger partial charge in [-0.1, -0.05) is 72.9 Å². The van der Waals surface area contributed by atoms with Crippen LogP contribution in [0.3, 0.4) is 0 Å². The molecule has 0 amide bonds. The fourth-order valence-corrected chi connectivity index (χ4v) is 4.96. The van der Waals surface area contributed by atoms with E-state index in [9.17, 15) is 0 Å². The summed E-state index contributed by atoms with van der Waals surface area (Å²) in [7, 11) is -0.398. The quantitative estimate of drug-likeness (QED) is 0.564. The van der Waals surface area contributed by atoms with E-state index in [0.717, 1.165) is 12.8 Å². The van der Waals surface area contributed by atoms with Crippen LogP contribution in [0.5, 0.6) is 0 Å². The van der Waals surface area contributed by atoms with Crippen molar-refractivity contribution in [2.45, 2.75) is 25.9 Å². The highest BCUT2D eigenvalue weighted by Crippen LogP contribution is 2.42. The van der Waals surface area contributed by atoms with E-state index in [0.29, 0.717) is 0 Å². The summed E-state index contributed by atoms with van der Waals surface area (Å²) in [5, 5.41) is 1.62. The topological polar surface area (TPSA) is 0 Å². The average molecular weight is 287 g/mol. The molecule has 2 aliphatic carbocycles. The molecule has 0 saturated heterocycles. The van der Waals surface area contributed by atoms with Crippen molar-refractivity contribution in [2.75, 3.05) is 0 Å². The molecule has 4 rings (SSSR count). The van der Waals surface area contributed by atoms with Crippen LogP contribution in [0.4, 0.5) is 0 Å². The van der Waals surface area contributed by atoms with Crippen molar-refractivity contribution in [2.24, 2.45) is 0 Å². The van der Waals surface area contributed by atoms with Crippen LogP contribution in [0.15, 0.2) is 59.8 Å². The lowest BCUT2D eigenvalue weighted by atomic mass is 9.95. The van der Waals surface area contributed by atoms with Crippen molar-refractivity contribution in [1.29, 1.82) is 0 Å². The largest absolute Gasteiger partial charge is 0.0802 e. The minimum atomic E-state index is -0.398. The maximum absolute atomic E-state index is 2.40. The van der Waals surface area contributed by atoms with Crippen LogP contribution < -0.4 is 0 Å². The third kappa shape index (κ3) is 1.96. The molecular formula is C20H19Si. The summed E-state index contributed by atoms with van der Waals surface area (Å²) in [6, 6.07) is 15.7. The SMILES string of the molecule is C[Si](C)C1=C(c2cccc3c2Cc2ccccc2-3)CC=C1. The lowest BCUT2D eigenvalue weighted by Gasteiger charge is -2.14. The molecule has 103 valence electrons. The predicted octanol–water partition coefficient (Wildman–Crippen LogP) is 5.26. The van der Waals surface area contributed by atoms with Crippen LogP contribution >= 0.6 is 0 Å². The van der Waals surface area contributed by atoms with Crippen LogP contribution in [0.1, 0.15) is 23.1 Å². The molecule has 0 unspecified atom stereocenters. The van der Waals surface area contributed by atoms with E-state index in [1.54, 1.807) is 10.8 Å². The molecule has 0 bridgehead atoms. The second-order valence-electron chi connectivity index (χ2n) is 6.16. The minimum absolute atomic E-state index is 0.398. The van der Waals surface area contributed by atoms with Gasteiger partial charge in [-0.05, 0) is 46.2 Å². The van der Waals surface area contributed by atoms with Crippen LogP contribution in [-0.2, 0) is 6.42 Å². The number of hydrogen-bond donors (Lipinski definition) is 0. The lowest BCUT2D eigenvalue weighted by molar-refractivity contribution is 1.23. The second-order valence-corrected chi connectivity index (χ2v) is 8.70. The summed E-state index contributed by atoms with van der Waals surface area (Å²) in [4.78, 5) is 0. The van der Waals surface area contributed by atoms with Crippen LogP contribution in [0.2, 0.25) is 13.1 Å². The predicted molar refractivity (Wildman–Crippen MR) is 92.8 cm³/mol. The summed E-state index contributed by atoms with van der Waals surface area (Å²) >= 11 is 0. The monoisotopic (exact) mass is 287 g/mol. The van der Waals surface area contributed by atoms with Crippen molar-refractivity contribution in [3.05, 3.63) is 76.5 Å². The van der Waals surface area contributed by atoms with Gasteiger partial charge in [0.1, 0.15) is 0 Å². The first-order valence-electron chi connectivity index (χ1n) is 7.66. The van der Waals surface area contributed by atoms with E-state index in [2.05, 4.69) is 67.7 Å². The Morgan fingerprint density at radius 2 is 1.62 bits per heavy atom. The molecule has 1 radical (unpaired) electrons. The van der Waals surface area contributed by atoms with Gasteiger partial charge in [0.05, 0.1) is 8.80 Å². The molecule has 0 aromatic heterocycles. The molecule has 21 heavy (non-hydrogen) atoms. The second kappa shape index (κ2) is 4.85. The van der Waals surface area contributed by atoms with Gasteiger partial charge in [-0.3, -0.25) is 0 Å². The Kier molecular flexibility index (Phi) is 2.97. The van der Waals surface area contributed by atoms with Gasteiger partial charge in [0.25, 0.3) is 0 Å². The van der Waals surface area contributed by atoms with Gasteiger partial charge in [-0.25, -0.2) is 0 Å². The number of rotatable bonds is 2. The smallest absolute Gasteiger partial charge is 0.0795 e. The molecule has 1 heteroatoms. The van der Waals surface area contributed by atoms with Gasteiger partial charge in [0, 0.05) is 0 Å². The summed E-state index contributed by atoms with van der Waals surface area (Å²) in [5.74, 6) is 0. The Hall–Kier alpha value is -1.86. The van der Waals surface area contributed by atoms with E-state index < -0.39 is 8.80 Å². The molecule has 0 fully saturated rings. The van der Waals surface area contributed by atoms with E-state index >= 15 is 0 Å². The Bertz CT molecular complexity index is 778. The van der Waals surface area contributed by atoms with Crippen molar-refractivity contribution in [1.82, 2.24) is 0 Å². The maximum atomic E-state index is 2.40. The Balaban J connectivity index is 1.90. The number of fused-ring (bicyclic) bond motifs is 3. The molecule has 0 atom stereocenters. The summed E-state index contributed by atoms with van der Waals surface area (Å²) in [6.07, 6.45) is 6.90. The number of benzene rings is 2. The van der Waals surface area contributed by atoms with Crippen molar-refractivity contribution < 1.29 is 0 Å². The molecular weight excluding hydrogens is 268 g/mol. The summed E-state index contributed by atoms with van der Waals surface area (Å²) in [6.45, 7) is 4.79. The lowest BCUT2D eigenvalue weighted by Crippen LogP contribution is -2.05. The molecule has 0 saturated carbocycles. The molecule has 0 nitrogen and oxygen atoms in total. The Morgan fingerprint density at radius 1 is 0.857 bits per heavy atom. The number of allylic oxidation sites excluding steroid dienone is 4. The zero-order valence-electron chi connectivity index (χ0n) is 12.6. The van der Waals surface area contributed by atoms with Gasteiger partial charge in [0.2, 0.25) is 0 Å². The fraction of sp³-hybridized carbons (Fsp3) is 0.200. The molecule has 0 aliphatic heterocycles. The normalized spacial score (nSPS) is 15.8. The first-order valence-corrected chi connectivity index (χ1v) is 10.2. The molecule has 0 N–H and O–H groups in total. The van der Waals surface area contributed by atoms with Crippen molar-refractivity contribution in [3.63, 3.8) is 0 Å². The third-order valence-electron chi connectivity index (χ3n) is 4.65. The first-order chi connectivity index (χ1) is 10.3. The summed E-state index contributed by atoms with van der Waals surface area (Å²) in [5.41, 5.74) is 8.97. The van der Waals surface area contributed by atoms with Crippen LogP contribution in [-0.4, -0.2) is 8.80 Å². The van der Waals surface area contributed by atoms with Gasteiger partial charge < -0.3 is 0 Å². The van der Waals surface area contributed by atoms with E-state index in [1.807, 2.05) is 0 Å². The molecule has 2 aliphatic rings. The Morgan fingerprint density at radius 3 is 2.48 bits per heavy atom. The minimum Gasteiger partial charge on any atom is -0.0802 e. The fourth-order valence-electron chi connectivity index (χ4n) is 3.67. The molecule has 2 aromatic carbocycles. The van der Waals surface area contributed by atoms with Crippen LogP contribution in [0, 0.1) is 0 Å². The zero-order valence-corrected chi connectivity index (χ0v) is 13.6. The van der Waals surface area contributed by atoms with Gasteiger partial charge in [0.15, 0.2) is 0 Å². The Labute approximate surface area is 128 Å². The van der Waals surface area contributed by atoms with Gasteiger partial charge in [-0.15, -0.1) is 0 Å². The highest BCUT2D eigenvalue weighted by Gasteiger charge is 2.24. The molecule has 2 aromatic rings. The van der Waals surface area contributed by atoms with E-state index in [1.165, 1.54) is 27.8 Å². The van der Waals surface area contributed by atoms with E-state index in [-0.39, 0.29) is 0 Å². The highest BCUT2D eigenvalue weighted by atomic mass is 28.3. The molecule has 0 spiro atoms. The standard InChI is InChI=1S/C20H19Si/c1-21(2)20-12-6-11-18(20)17-10-5-9-16-15-8-4-3-7-14(15)13-19(16)17/h3-10,12H,11,13H2,1-2H3. The van der Waals surface area contributed by atoms with Crippen LogP contribution in [0.25, 0.3) is 16.7 Å². The number of hydrogen-bond acceptors (Lipinski definition) is 0. The third-order valence-corrected chi connectivity index (χ3v) is 6.19. The molecule has 0 heterocycles. The first kappa shape index (κ1) is 12.8. The maximum Gasteiger partial charge on any atom is 0.0795 e. The summed E-state index contributed by atoms with van der Waals surface area (Å²) < 4.78 is 0. The van der Waals surface area contributed by atoms with Crippen molar-refractivity contribution in [3.8, 4) is 11.1 Å². The highest BCUT2D eigenvalue weighted by molar-refractivity contribution is 6.66. The van der Waals surface area contributed by atoms with Gasteiger partial charge >= 0.3 is 0 Å². The van der Waals surface area contributed by atoms with Crippen molar-refractivity contribution >= 4 is 14.4 Å². The zero-order chi connectivity index (χ0) is 14.4. The van der Waals surface area contributed by atoms with E-state index in [4.69, 9.17) is 0 Å². The van der Waals surface area contributed by atoms with Gasteiger partial charge in [-0.2, -0.15) is 0 Å².